The van der Waals surface area contributed by atoms with Gasteiger partial charge < -0.3 is 16.1 Å². The Bertz CT molecular complexity index is 833. The van der Waals surface area contributed by atoms with Crippen molar-refractivity contribution in [3.05, 3.63) is 78.1 Å². The first-order valence-electron chi connectivity index (χ1n) is 9.39. The van der Waals surface area contributed by atoms with Crippen LogP contribution in [-0.2, 0) is 13.1 Å². The zero-order chi connectivity index (χ0) is 20.0. The van der Waals surface area contributed by atoms with Crippen LogP contribution < -0.4 is 21.5 Å². The van der Waals surface area contributed by atoms with Crippen LogP contribution >= 0.6 is 0 Å². The Morgan fingerprint density at radius 3 is 1.89 bits per heavy atom. The van der Waals surface area contributed by atoms with Crippen molar-refractivity contribution >= 4 is 17.3 Å². The standard InChI is InChI=1S/C22H28N6/c1-22(2,3)27-26-20-19(23)21(25-16-24-20)28(14-17-10-6-4-7-11-17)15-18-12-8-5-9-13-18/h4-13,16,27H,14-15,23H2,1-3H3,(H,24,25,26). The maximum absolute atomic E-state index is 6.45. The number of nitrogens with two attached hydrogens (primary N) is 1. The first-order valence-corrected chi connectivity index (χ1v) is 9.39. The first kappa shape index (κ1) is 19.6. The van der Waals surface area contributed by atoms with E-state index in [4.69, 9.17) is 5.73 Å². The average molecular weight is 377 g/mol. The Labute approximate surface area is 166 Å². The average Bonchev–Trinajstić information content (AvgIpc) is 2.68. The molecular weight excluding hydrogens is 348 g/mol. The molecule has 0 atom stereocenters. The summed E-state index contributed by atoms with van der Waals surface area (Å²) < 4.78 is 0. The molecule has 0 radical (unpaired) electrons. The summed E-state index contributed by atoms with van der Waals surface area (Å²) in [4.78, 5) is 11.0. The Morgan fingerprint density at radius 1 is 0.857 bits per heavy atom. The van der Waals surface area contributed by atoms with Crippen molar-refractivity contribution in [3.63, 3.8) is 0 Å². The molecule has 146 valence electrons. The van der Waals surface area contributed by atoms with Gasteiger partial charge >= 0.3 is 0 Å². The fourth-order valence-electron chi connectivity index (χ4n) is 2.80. The molecule has 0 bridgehead atoms. The van der Waals surface area contributed by atoms with Crippen LogP contribution in [0.15, 0.2) is 67.0 Å². The lowest BCUT2D eigenvalue weighted by Crippen LogP contribution is -2.40. The minimum Gasteiger partial charge on any atom is -0.393 e. The molecule has 1 aromatic heterocycles. The molecule has 0 aliphatic rings. The van der Waals surface area contributed by atoms with Crippen LogP contribution in [0.5, 0.6) is 0 Å². The molecule has 0 spiro atoms. The SMILES string of the molecule is CC(C)(C)NNc1ncnc(N(Cc2ccccc2)Cc2ccccc2)c1N. The van der Waals surface area contributed by atoms with Crippen molar-refractivity contribution in [2.75, 3.05) is 16.1 Å². The number of nitrogens with zero attached hydrogens (tertiary/aromatic N) is 3. The van der Waals surface area contributed by atoms with Crippen molar-refractivity contribution in [2.24, 2.45) is 0 Å². The molecule has 0 unspecified atom stereocenters. The number of anilines is 3. The second kappa shape index (κ2) is 8.71. The number of nitrogens with one attached hydrogen (secondary N) is 2. The summed E-state index contributed by atoms with van der Waals surface area (Å²) in [6.45, 7) is 7.59. The Kier molecular flexibility index (Phi) is 6.11. The molecule has 6 heteroatoms. The molecule has 6 nitrogen and oxygen atoms in total. The lowest BCUT2D eigenvalue weighted by Gasteiger charge is -2.27. The summed E-state index contributed by atoms with van der Waals surface area (Å²) in [5, 5.41) is 0. The fraction of sp³-hybridized carbons (Fsp3) is 0.273. The second-order valence-corrected chi connectivity index (χ2v) is 7.79. The van der Waals surface area contributed by atoms with Gasteiger partial charge in [-0.1, -0.05) is 60.7 Å². The smallest absolute Gasteiger partial charge is 0.169 e. The minimum absolute atomic E-state index is 0.120. The maximum atomic E-state index is 6.45. The van der Waals surface area contributed by atoms with Crippen molar-refractivity contribution in [1.29, 1.82) is 0 Å². The predicted molar refractivity (Wildman–Crippen MR) is 116 cm³/mol. The van der Waals surface area contributed by atoms with Crippen LogP contribution in [0.3, 0.4) is 0 Å². The van der Waals surface area contributed by atoms with E-state index in [0.717, 1.165) is 0 Å². The van der Waals surface area contributed by atoms with E-state index in [-0.39, 0.29) is 5.54 Å². The van der Waals surface area contributed by atoms with Crippen molar-refractivity contribution in [2.45, 2.75) is 39.4 Å². The van der Waals surface area contributed by atoms with E-state index in [1.165, 1.54) is 11.1 Å². The Morgan fingerprint density at radius 2 is 1.39 bits per heavy atom. The van der Waals surface area contributed by atoms with Crippen LogP contribution in [0.25, 0.3) is 0 Å². The highest BCUT2D eigenvalue weighted by atomic mass is 15.4. The highest BCUT2D eigenvalue weighted by Crippen LogP contribution is 2.28. The van der Waals surface area contributed by atoms with Crippen LogP contribution in [0.2, 0.25) is 0 Å². The first-order chi connectivity index (χ1) is 13.4. The molecule has 28 heavy (non-hydrogen) atoms. The molecule has 0 fully saturated rings. The quantitative estimate of drug-likeness (QED) is 0.541. The van der Waals surface area contributed by atoms with E-state index in [2.05, 4.69) is 70.8 Å². The minimum atomic E-state index is -0.120. The van der Waals surface area contributed by atoms with E-state index >= 15 is 0 Å². The molecule has 0 amide bonds. The van der Waals surface area contributed by atoms with Crippen molar-refractivity contribution < 1.29 is 0 Å². The van der Waals surface area contributed by atoms with Crippen LogP contribution in [0.4, 0.5) is 17.3 Å². The zero-order valence-corrected chi connectivity index (χ0v) is 16.7. The molecule has 0 aliphatic carbocycles. The van der Waals surface area contributed by atoms with Gasteiger partial charge in [0.15, 0.2) is 11.6 Å². The number of nitrogen functional groups attached to an aromatic ring is 1. The van der Waals surface area contributed by atoms with E-state index in [0.29, 0.717) is 30.4 Å². The topological polar surface area (TPSA) is 79.1 Å². The molecule has 0 aliphatic heterocycles. The van der Waals surface area contributed by atoms with Crippen molar-refractivity contribution in [3.8, 4) is 0 Å². The predicted octanol–water partition coefficient (Wildman–Crippen LogP) is 3.98. The molecular formula is C22H28N6. The summed E-state index contributed by atoms with van der Waals surface area (Å²) in [5.41, 5.74) is 15.6. The third-order valence-corrected chi connectivity index (χ3v) is 4.15. The summed E-state index contributed by atoms with van der Waals surface area (Å²) in [6.07, 6.45) is 1.54. The Balaban J connectivity index is 1.90. The summed E-state index contributed by atoms with van der Waals surface area (Å²) in [5.74, 6) is 1.28. The normalized spacial score (nSPS) is 11.2. The monoisotopic (exact) mass is 376 g/mol. The molecule has 1 heterocycles. The number of hydrogen-bond acceptors (Lipinski definition) is 6. The number of benzene rings is 2. The maximum Gasteiger partial charge on any atom is 0.169 e. The van der Waals surface area contributed by atoms with E-state index in [1.54, 1.807) is 6.33 Å². The molecule has 0 saturated carbocycles. The van der Waals surface area contributed by atoms with Crippen LogP contribution in [0.1, 0.15) is 31.9 Å². The van der Waals surface area contributed by atoms with Gasteiger partial charge in [0.2, 0.25) is 0 Å². The molecule has 2 aromatic carbocycles. The van der Waals surface area contributed by atoms with Crippen molar-refractivity contribution in [1.82, 2.24) is 15.4 Å². The number of aromatic nitrogens is 2. The van der Waals surface area contributed by atoms with Gasteiger partial charge in [-0.25, -0.2) is 15.4 Å². The van der Waals surface area contributed by atoms with Gasteiger partial charge in [0.25, 0.3) is 0 Å². The molecule has 3 aromatic rings. The van der Waals surface area contributed by atoms with E-state index in [9.17, 15) is 0 Å². The largest absolute Gasteiger partial charge is 0.393 e. The highest BCUT2D eigenvalue weighted by molar-refractivity contribution is 5.74. The summed E-state index contributed by atoms with van der Waals surface area (Å²) in [7, 11) is 0. The van der Waals surface area contributed by atoms with Gasteiger partial charge in [-0.3, -0.25) is 0 Å². The van der Waals surface area contributed by atoms with E-state index in [1.807, 2.05) is 36.4 Å². The number of rotatable bonds is 7. The third kappa shape index (κ3) is 5.44. The molecule has 3 rings (SSSR count). The number of hydrazine groups is 1. The summed E-state index contributed by atoms with van der Waals surface area (Å²) in [6, 6.07) is 20.6. The second-order valence-electron chi connectivity index (χ2n) is 7.79. The molecule has 4 N–H and O–H groups in total. The van der Waals surface area contributed by atoms with Gasteiger partial charge in [-0.05, 0) is 31.9 Å². The number of hydrogen-bond donors (Lipinski definition) is 3. The lowest BCUT2D eigenvalue weighted by molar-refractivity contribution is 0.464. The molecule has 0 saturated heterocycles. The van der Waals surface area contributed by atoms with E-state index < -0.39 is 0 Å². The van der Waals surface area contributed by atoms with Crippen LogP contribution in [-0.4, -0.2) is 15.5 Å². The highest BCUT2D eigenvalue weighted by Gasteiger charge is 2.17. The van der Waals surface area contributed by atoms with Crippen LogP contribution in [0, 0.1) is 0 Å². The van der Waals surface area contributed by atoms with Gasteiger partial charge in [-0.15, -0.1) is 0 Å². The zero-order valence-electron chi connectivity index (χ0n) is 16.7. The fourth-order valence-corrected chi connectivity index (χ4v) is 2.80. The third-order valence-electron chi connectivity index (χ3n) is 4.15. The lowest BCUT2D eigenvalue weighted by atomic mass is 10.1. The van der Waals surface area contributed by atoms with Gasteiger partial charge in [-0.2, -0.15) is 0 Å². The Hall–Kier alpha value is -3.12. The van der Waals surface area contributed by atoms with Gasteiger partial charge in [0, 0.05) is 18.6 Å². The van der Waals surface area contributed by atoms with Gasteiger partial charge in [0.05, 0.1) is 0 Å². The summed E-state index contributed by atoms with van der Waals surface area (Å²) >= 11 is 0. The van der Waals surface area contributed by atoms with Gasteiger partial charge in [0.1, 0.15) is 12.0 Å².